The van der Waals surface area contributed by atoms with Crippen LogP contribution in [-0.4, -0.2) is 39.4 Å². The van der Waals surface area contributed by atoms with Gasteiger partial charge >= 0.3 is 0 Å². The molecule has 8 aromatic rings. The Morgan fingerprint density at radius 1 is 0.789 bits per heavy atom. The highest BCUT2D eigenvalue weighted by Crippen LogP contribution is 2.51. The topological polar surface area (TPSA) is 122 Å². The van der Waals surface area contributed by atoms with Gasteiger partial charge in [0.05, 0.1) is 21.4 Å². The first-order valence-corrected chi connectivity index (χ1v) is 14.0. The van der Waals surface area contributed by atoms with Crippen LogP contribution >= 0.6 is 34.2 Å². The summed E-state index contributed by atoms with van der Waals surface area (Å²) >= 11 is 4.59. The summed E-state index contributed by atoms with van der Waals surface area (Å²) in [5, 5.41) is 9.98. The molecule has 0 radical (unpaired) electrons. The molecule has 12 heteroatoms. The second kappa shape index (κ2) is 8.52. The van der Waals surface area contributed by atoms with E-state index in [0.29, 0.717) is 17.3 Å². The van der Waals surface area contributed by atoms with Crippen LogP contribution < -0.4 is 0 Å². The zero-order valence-corrected chi connectivity index (χ0v) is 21.7. The van der Waals surface area contributed by atoms with E-state index in [1.807, 2.05) is 41.1 Å². The summed E-state index contributed by atoms with van der Waals surface area (Å²) in [6, 6.07) is 12.0. The van der Waals surface area contributed by atoms with Crippen LogP contribution in [0, 0.1) is 0 Å². The molecule has 0 aliphatic carbocycles. The number of para-hydroxylation sites is 1. The van der Waals surface area contributed by atoms with Crippen molar-refractivity contribution in [2.75, 3.05) is 0 Å². The molecule has 0 spiro atoms. The maximum Gasteiger partial charge on any atom is 0.174 e. The molecule has 0 unspecified atom stereocenters. The summed E-state index contributed by atoms with van der Waals surface area (Å²) in [5.74, 6) is 1.24. The summed E-state index contributed by atoms with van der Waals surface area (Å²) in [6.45, 7) is 0. The lowest BCUT2D eigenvalue weighted by molar-refractivity contribution is 0.422. The zero-order valence-electron chi connectivity index (χ0n) is 19.2. The molecule has 0 atom stereocenters. The maximum atomic E-state index is 5.32. The molecule has 0 aliphatic rings. The van der Waals surface area contributed by atoms with E-state index >= 15 is 0 Å². The Morgan fingerprint density at radius 2 is 1.74 bits per heavy atom. The Hall–Kier alpha value is -4.52. The van der Waals surface area contributed by atoms with Gasteiger partial charge in [-0.1, -0.05) is 17.3 Å². The monoisotopic (exact) mass is 550 g/mol. The van der Waals surface area contributed by atoms with Gasteiger partial charge in [0.2, 0.25) is 0 Å². The average Bonchev–Trinajstić information content (AvgIpc) is 3.80. The maximum absolute atomic E-state index is 5.32. The van der Waals surface area contributed by atoms with Crippen molar-refractivity contribution in [3.05, 3.63) is 72.0 Å². The number of imidazole rings is 2. The van der Waals surface area contributed by atoms with Gasteiger partial charge in [0.25, 0.3) is 0 Å². The van der Waals surface area contributed by atoms with E-state index in [-0.39, 0.29) is 0 Å². The number of rotatable bonds is 5. The van der Waals surface area contributed by atoms with Gasteiger partial charge in [0.1, 0.15) is 27.5 Å². The van der Waals surface area contributed by atoms with Crippen LogP contribution in [0.2, 0.25) is 0 Å². The number of thiazole rings is 2. The second-order valence-electron chi connectivity index (χ2n) is 8.34. The lowest BCUT2D eigenvalue weighted by Crippen LogP contribution is -1.97. The van der Waals surface area contributed by atoms with Gasteiger partial charge in [-0.25, -0.2) is 19.9 Å². The molecule has 0 fully saturated rings. The third-order valence-electron chi connectivity index (χ3n) is 6.21. The van der Waals surface area contributed by atoms with E-state index in [4.69, 9.17) is 23.8 Å². The smallest absolute Gasteiger partial charge is 0.174 e. The van der Waals surface area contributed by atoms with Crippen molar-refractivity contribution in [1.29, 1.82) is 0 Å². The first kappa shape index (κ1) is 21.6. The highest BCUT2D eigenvalue weighted by Gasteiger charge is 2.31. The van der Waals surface area contributed by atoms with E-state index in [0.717, 1.165) is 59.2 Å². The van der Waals surface area contributed by atoms with Crippen LogP contribution in [0.3, 0.4) is 0 Å². The second-order valence-corrected chi connectivity index (χ2v) is 10.9. The number of nitrogens with zero attached hydrogens (tertiary/aromatic N) is 6. The van der Waals surface area contributed by atoms with Crippen molar-refractivity contribution in [1.82, 2.24) is 39.4 Å². The standard InChI is InChI=1S/C26H14N8OS3/c1-2-4-16-13(3-1)30-26(38-16)20-18(15-6-11-37-34-15)22-21(31-24(32-22)23-27-7-8-28-23)17(14-5-10-35-33-14)19(20)25-29-9-12-36-25/h1-12H,(H,27,28)(H,31,32). The molecular formula is C26H14N8OS3. The molecular weight excluding hydrogens is 537 g/mol. The predicted molar refractivity (Wildman–Crippen MR) is 150 cm³/mol. The van der Waals surface area contributed by atoms with Crippen molar-refractivity contribution in [2.45, 2.75) is 0 Å². The van der Waals surface area contributed by atoms with Gasteiger partial charge in [-0.15, -0.1) is 22.7 Å². The minimum atomic E-state index is 0.609. The Morgan fingerprint density at radius 3 is 2.50 bits per heavy atom. The normalized spacial score (nSPS) is 11.7. The average molecular weight is 551 g/mol. The van der Waals surface area contributed by atoms with Crippen molar-refractivity contribution < 1.29 is 4.52 Å². The number of hydrogen-bond acceptors (Lipinski definition) is 10. The minimum absolute atomic E-state index is 0.609. The molecule has 6 heterocycles. The molecule has 0 saturated carbocycles. The third kappa shape index (κ3) is 3.28. The minimum Gasteiger partial charge on any atom is -0.364 e. The molecule has 8 rings (SSSR count). The summed E-state index contributed by atoms with van der Waals surface area (Å²) in [5.41, 5.74) is 7.49. The molecule has 0 amide bonds. The van der Waals surface area contributed by atoms with Gasteiger partial charge in [-0.2, -0.15) is 4.37 Å². The molecule has 9 nitrogen and oxygen atoms in total. The van der Waals surface area contributed by atoms with Gasteiger partial charge in [-0.05, 0) is 29.7 Å². The van der Waals surface area contributed by atoms with E-state index in [1.54, 1.807) is 47.5 Å². The van der Waals surface area contributed by atoms with Crippen molar-refractivity contribution in [3.8, 4) is 55.3 Å². The number of aromatic amines is 2. The number of fused-ring (bicyclic) bond motifs is 2. The fourth-order valence-corrected chi connectivity index (χ4v) is 6.91. The Kier molecular flexibility index (Phi) is 4.83. The largest absolute Gasteiger partial charge is 0.364 e. The van der Waals surface area contributed by atoms with Gasteiger partial charge < -0.3 is 14.5 Å². The van der Waals surface area contributed by atoms with E-state index in [1.165, 1.54) is 11.5 Å². The van der Waals surface area contributed by atoms with Crippen LogP contribution in [-0.2, 0) is 0 Å². The molecule has 0 aliphatic heterocycles. The van der Waals surface area contributed by atoms with Crippen LogP contribution in [0.5, 0.6) is 0 Å². The Bertz CT molecular complexity index is 1990. The quantitative estimate of drug-likeness (QED) is 0.234. The number of hydrogen-bond donors (Lipinski definition) is 2. The van der Waals surface area contributed by atoms with E-state index < -0.39 is 0 Å². The summed E-state index contributed by atoms with van der Waals surface area (Å²) < 4.78 is 11.2. The number of benzene rings is 2. The van der Waals surface area contributed by atoms with E-state index in [9.17, 15) is 0 Å². The first-order valence-electron chi connectivity index (χ1n) is 11.5. The molecule has 2 N–H and O–H groups in total. The Labute approximate surface area is 226 Å². The lowest BCUT2D eigenvalue weighted by atomic mass is 9.91. The van der Waals surface area contributed by atoms with Crippen LogP contribution in [0.4, 0.5) is 0 Å². The Balaban J connectivity index is 1.61. The van der Waals surface area contributed by atoms with Crippen LogP contribution in [0.15, 0.2) is 76.5 Å². The number of H-pyrrole nitrogens is 2. The third-order valence-corrected chi connectivity index (χ3v) is 8.61. The molecule has 38 heavy (non-hydrogen) atoms. The van der Waals surface area contributed by atoms with Crippen LogP contribution in [0.25, 0.3) is 76.6 Å². The van der Waals surface area contributed by atoms with Crippen molar-refractivity contribution in [2.24, 2.45) is 0 Å². The summed E-state index contributed by atoms with van der Waals surface area (Å²) in [7, 11) is 0. The predicted octanol–water partition coefficient (Wildman–Crippen LogP) is 7.13. The molecule has 6 aromatic heterocycles. The summed E-state index contributed by atoms with van der Waals surface area (Å²) in [4.78, 5) is 26.0. The van der Waals surface area contributed by atoms with Crippen molar-refractivity contribution in [3.63, 3.8) is 0 Å². The molecule has 2 aromatic carbocycles. The SMILES string of the molecule is c1ccc2sc(-c3c(-c4nccs4)c(-c4ccon4)c4nc(-c5ncc[nH]5)[nH]c4c3-c3ccsn3)nc2c1. The summed E-state index contributed by atoms with van der Waals surface area (Å²) in [6.07, 6.45) is 6.85. The highest BCUT2D eigenvalue weighted by molar-refractivity contribution is 7.21. The fraction of sp³-hybridized carbons (Fsp3) is 0. The van der Waals surface area contributed by atoms with Crippen LogP contribution in [0.1, 0.15) is 0 Å². The van der Waals surface area contributed by atoms with Gasteiger partial charge in [0, 0.05) is 57.7 Å². The first-order chi connectivity index (χ1) is 18.8. The lowest BCUT2D eigenvalue weighted by Gasteiger charge is -2.16. The number of aromatic nitrogens is 8. The highest BCUT2D eigenvalue weighted by atomic mass is 32.1. The molecule has 0 saturated heterocycles. The van der Waals surface area contributed by atoms with E-state index in [2.05, 4.69) is 26.2 Å². The molecule has 182 valence electrons. The van der Waals surface area contributed by atoms with Gasteiger partial charge in [-0.3, -0.25) is 0 Å². The number of nitrogens with one attached hydrogen (secondary N) is 2. The zero-order chi connectivity index (χ0) is 25.1. The molecule has 0 bridgehead atoms. The van der Waals surface area contributed by atoms with Gasteiger partial charge in [0.15, 0.2) is 11.6 Å². The van der Waals surface area contributed by atoms with Crippen molar-refractivity contribution >= 4 is 55.5 Å². The fourth-order valence-electron chi connectivity index (χ4n) is 4.68.